The van der Waals surface area contributed by atoms with Crippen LogP contribution in [0.4, 0.5) is 0 Å². The van der Waals surface area contributed by atoms with Crippen LogP contribution in [-0.2, 0) is 13.0 Å². The van der Waals surface area contributed by atoms with Crippen molar-refractivity contribution in [2.75, 3.05) is 19.6 Å². The highest BCUT2D eigenvalue weighted by Gasteiger charge is 2.23. The van der Waals surface area contributed by atoms with Crippen LogP contribution >= 0.6 is 0 Å². The molecule has 1 unspecified atom stereocenters. The van der Waals surface area contributed by atoms with Crippen molar-refractivity contribution in [3.8, 4) is 0 Å². The molecular weight excluding hydrogens is 216 g/mol. The summed E-state index contributed by atoms with van der Waals surface area (Å²) in [6.45, 7) is 8.33. The SMILES string of the molecule is CCCN(Cc1nc(CC)no1)C1CCNC1. The highest BCUT2D eigenvalue weighted by atomic mass is 16.5. The van der Waals surface area contributed by atoms with Gasteiger partial charge in [-0.3, -0.25) is 4.90 Å². The van der Waals surface area contributed by atoms with Crippen molar-refractivity contribution in [2.45, 2.75) is 45.7 Å². The largest absolute Gasteiger partial charge is 0.338 e. The van der Waals surface area contributed by atoms with Crippen molar-refractivity contribution in [1.82, 2.24) is 20.4 Å². The lowest BCUT2D eigenvalue weighted by Crippen LogP contribution is -2.37. The first kappa shape index (κ1) is 12.5. The molecule has 1 atom stereocenters. The molecule has 5 nitrogen and oxygen atoms in total. The summed E-state index contributed by atoms with van der Waals surface area (Å²) in [6.07, 6.45) is 3.21. The lowest BCUT2D eigenvalue weighted by atomic mass is 10.2. The number of rotatable bonds is 6. The fourth-order valence-corrected chi connectivity index (χ4v) is 2.30. The second kappa shape index (κ2) is 6.12. The zero-order chi connectivity index (χ0) is 12.1. The minimum absolute atomic E-state index is 0.618. The van der Waals surface area contributed by atoms with E-state index in [0.717, 1.165) is 50.7 Å². The van der Waals surface area contributed by atoms with E-state index >= 15 is 0 Å². The van der Waals surface area contributed by atoms with Gasteiger partial charge in [0, 0.05) is 19.0 Å². The van der Waals surface area contributed by atoms with Gasteiger partial charge in [-0.2, -0.15) is 4.98 Å². The molecule has 1 aliphatic rings. The van der Waals surface area contributed by atoms with Gasteiger partial charge in [-0.1, -0.05) is 19.0 Å². The molecule has 1 fully saturated rings. The number of aryl methyl sites for hydroxylation is 1. The Morgan fingerprint density at radius 3 is 2.94 bits per heavy atom. The molecule has 5 heteroatoms. The molecule has 1 aromatic heterocycles. The number of nitrogens with zero attached hydrogens (tertiary/aromatic N) is 3. The molecule has 0 spiro atoms. The van der Waals surface area contributed by atoms with Gasteiger partial charge in [0.25, 0.3) is 0 Å². The molecular formula is C12H22N4O. The Morgan fingerprint density at radius 1 is 1.47 bits per heavy atom. The molecule has 96 valence electrons. The summed E-state index contributed by atoms with van der Waals surface area (Å²) in [5, 5.41) is 7.35. The van der Waals surface area contributed by atoms with Crippen LogP contribution in [0.1, 0.15) is 38.4 Å². The summed E-state index contributed by atoms with van der Waals surface area (Å²) in [5.41, 5.74) is 0. The zero-order valence-corrected chi connectivity index (χ0v) is 10.8. The maximum absolute atomic E-state index is 5.27. The first-order valence-corrected chi connectivity index (χ1v) is 6.59. The van der Waals surface area contributed by atoms with Gasteiger partial charge in [0.2, 0.25) is 5.89 Å². The maximum atomic E-state index is 5.27. The molecule has 1 N–H and O–H groups in total. The van der Waals surface area contributed by atoms with E-state index in [0.29, 0.717) is 6.04 Å². The van der Waals surface area contributed by atoms with Crippen LogP contribution in [0.15, 0.2) is 4.52 Å². The van der Waals surface area contributed by atoms with Crippen LogP contribution in [0.2, 0.25) is 0 Å². The Bertz CT molecular complexity index is 333. The van der Waals surface area contributed by atoms with Crippen molar-refractivity contribution < 1.29 is 4.52 Å². The second-order valence-electron chi connectivity index (χ2n) is 4.57. The summed E-state index contributed by atoms with van der Waals surface area (Å²) >= 11 is 0. The fourth-order valence-electron chi connectivity index (χ4n) is 2.30. The normalized spacial score (nSPS) is 20.3. The third-order valence-corrected chi connectivity index (χ3v) is 3.23. The average Bonchev–Trinajstić information content (AvgIpc) is 2.99. The number of nitrogens with one attached hydrogen (secondary N) is 1. The predicted octanol–water partition coefficient (Wildman–Crippen LogP) is 1.21. The van der Waals surface area contributed by atoms with Gasteiger partial charge in [0.05, 0.1) is 6.54 Å². The van der Waals surface area contributed by atoms with E-state index in [1.807, 2.05) is 6.92 Å². The quantitative estimate of drug-likeness (QED) is 0.807. The predicted molar refractivity (Wildman–Crippen MR) is 65.7 cm³/mol. The summed E-state index contributed by atoms with van der Waals surface area (Å²) in [4.78, 5) is 6.83. The minimum atomic E-state index is 0.618. The standard InChI is InChI=1S/C12H22N4O/c1-3-7-16(10-5-6-13-8-10)9-12-14-11(4-2)15-17-12/h10,13H,3-9H2,1-2H3. The Balaban J connectivity index is 1.96. The number of hydrogen-bond acceptors (Lipinski definition) is 5. The van der Waals surface area contributed by atoms with Crippen LogP contribution in [0.25, 0.3) is 0 Å². The third kappa shape index (κ3) is 3.26. The molecule has 0 saturated carbocycles. The van der Waals surface area contributed by atoms with Gasteiger partial charge in [0.1, 0.15) is 0 Å². The van der Waals surface area contributed by atoms with Crippen molar-refractivity contribution in [3.05, 3.63) is 11.7 Å². The van der Waals surface area contributed by atoms with E-state index in [1.165, 1.54) is 6.42 Å². The van der Waals surface area contributed by atoms with Crippen molar-refractivity contribution in [2.24, 2.45) is 0 Å². The molecule has 0 radical (unpaired) electrons. The van der Waals surface area contributed by atoms with Gasteiger partial charge in [0.15, 0.2) is 5.82 Å². The third-order valence-electron chi connectivity index (χ3n) is 3.23. The Kier molecular flexibility index (Phi) is 4.50. The van der Waals surface area contributed by atoms with Crippen LogP contribution in [0.5, 0.6) is 0 Å². The average molecular weight is 238 g/mol. The zero-order valence-electron chi connectivity index (χ0n) is 10.8. The summed E-state index contributed by atoms with van der Waals surface area (Å²) < 4.78 is 5.27. The summed E-state index contributed by atoms with van der Waals surface area (Å²) in [6, 6.07) is 0.618. The highest BCUT2D eigenvalue weighted by Crippen LogP contribution is 2.13. The first-order valence-electron chi connectivity index (χ1n) is 6.59. The topological polar surface area (TPSA) is 54.2 Å². The lowest BCUT2D eigenvalue weighted by molar-refractivity contribution is 0.174. The molecule has 17 heavy (non-hydrogen) atoms. The fraction of sp³-hybridized carbons (Fsp3) is 0.833. The van der Waals surface area contributed by atoms with Crippen LogP contribution in [0.3, 0.4) is 0 Å². The monoisotopic (exact) mass is 238 g/mol. The van der Waals surface area contributed by atoms with Crippen LogP contribution in [-0.4, -0.2) is 40.7 Å². The molecule has 2 rings (SSSR count). The summed E-state index contributed by atoms with van der Waals surface area (Å²) in [7, 11) is 0. The van der Waals surface area contributed by atoms with E-state index in [1.54, 1.807) is 0 Å². The van der Waals surface area contributed by atoms with E-state index in [9.17, 15) is 0 Å². The highest BCUT2D eigenvalue weighted by molar-refractivity contribution is 4.88. The Morgan fingerprint density at radius 2 is 2.35 bits per heavy atom. The smallest absolute Gasteiger partial charge is 0.240 e. The van der Waals surface area contributed by atoms with Gasteiger partial charge >= 0.3 is 0 Å². The molecule has 0 bridgehead atoms. The van der Waals surface area contributed by atoms with Gasteiger partial charge in [-0.15, -0.1) is 0 Å². The molecule has 2 heterocycles. The maximum Gasteiger partial charge on any atom is 0.240 e. The summed E-state index contributed by atoms with van der Waals surface area (Å²) in [5.74, 6) is 1.56. The number of aromatic nitrogens is 2. The molecule has 1 aliphatic heterocycles. The Hall–Kier alpha value is -0.940. The van der Waals surface area contributed by atoms with Gasteiger partial charge in [-0.25, -0.2) is 0 Å². The van der Waals surface area contributed by atoms with E-state index < -0.39 is 0 Å². The lowest BCUT2D eigenvalue weighted by Gasteiger charge is -2.26. The molecule has 0 aliphatic carbocycles. The van der Waals surface area contributed by atoms with E-state index in [-0.39, 0.29) is 0 Å². The van der Waals surface area contributed by atoms with Gasteiger partial charge < -0.3 is 9.84 Å². The molecule has 0 aromatic carbocycles. The second-order valence-corrected chi connectivity index (χ2v) is 4.57. The number of hydrogen-bond donors (Lipinski definition) is 1. The van der Waals surface area contributed by atoms with E-state index in [2.05, 4.69) is 27.3 Å². The molecule has 0 amide bonds. The van der Waals surface area contributed by atoms with Gasteiger partial charge in [-0.05, 0) is 25.9 Å². The van der Waals surface area contributed by atoms with E-state index in [4.69, 9.17) is 4.52 Å². The van der Waals surface area contributed by atoms with Crippen LogP contribution in [0, 0.1) is 0 Å². The first-order chi connectivity index (χ1) is 8.33. The minimum Gasteiger partial charge on any atom is -0.338 e. The van der Waals surface area contributed by atoms with Crippen LogP contribution < -0.4 is 5.32 Å². The van der Waals surface area contributed by atoms with Crippen molar-refractivity contribution in [1.29, 1.82) is 0 Å². The van der Waals surface area contributed by atoms with Crippen molar-refractivity contribution in [3.63, 3.8) is 0 Å². The molecule has 1 aromatic rings. The molecule has 1 saturated heterocycles. The van der Waals surface area contributed by atoms with Crippen molar-refractivity contribution >= 4 is 0 Å². The Labute approximate surface area is 103 Å².